The number of hydrogen-bond acceptors (Lipinski definition) is 5. The molecule has 0 saturated carbocycles. The summed E-state index contributed by atoms with van der Waals surface area (Å²) >= 11 is 0. The van der Waals surface area contributed by atoms with Crippen molar-refractivity contribution >= 4 is 11.9 Å². The Bertz CT molecular complexity index is 1570. The number of ether oxygens (including phenoxy) is 1. The summed E-state index contributed by atoms with van der Waals surface area (Å²) in [6, 6.07) is -0.627. The van der Waals surface area contributed by atoms with Gasteiger partial charge in [0.2, 0.25) is 5.91 Å². The SMILES string of the molecule is CCCCCC/C=C\C/C=C\CCCCCCCCCC(=O)OCCCCCCCCCCCCCCCC/C=C\CCCCCCCCCCCCCCCCCCCC(=O)NC(CO)C(O)/C=C/CCCCCCCCCCCCCCCCCCCCCCCC. The molecular weight excluding hydrogens is 1150 g/mol. The minimum Gasteiger partial charge on any atom is -0.466 e. The summed E-state index contributed by atoms with van der Waals surface area (Å²) in [6.07, 6.45) is 111. The molecule has 0 bridgehead atoms. The Kier molecular flexibility index (Phi) is 81.3. The van der Waals surface area contributed by atoms with Crippen LogP contribution in [0.5, 0.6) is 0 Å². The molecular formula is C88H167NO5. The standard InChI is InChI=1S/C88H167NO5/c1-3-5-7-9-11-13-15-17-19-21-23-24-25-39-42-45-48-52-56-60-64-68-72-76-80-86(91)85(84-90)89-87(92)81-77-73-69-65-61-57-53-49-46-43-40-37-35-33-31-29-27-26-28-30-32-34-36-38-41-44-47-51-55-59-63-67-71-75-79-83-94-88(93)82-78-74-70-66-62-58-54-50-22-20-18-16-14-12-10-8-6-4-2/h14,16,20,22,28,30,76,80,85-86,90-91H,3-13,15,17-19,21,23-27,29,31-75,77-79,81-84H2,1-2H3,(H,89,92)/b16-14-,22-20-,30-28-,80-76+. The maximum atomic E-state index is 12.6. The predicted molar refractivity (Wildman–Crippen MR) is 416 cm³/mol. The molecule has 0 rings (SSSR count). The summed E-state index contributed by atoms with van der Waals surface area (Å²) in [5.74, 6) is -0.0460. The summed E-state index contributed by atoms with van der Waals surface area (Å²) in [5.41, 5.74) is 0. The van der Waals surface area contributed by atoms with Crippen molar-refractivity contribution in [3.05, 3.63) is 48.6 Å². The maximum Gasteiger partial charge on any atom is 0.305 e. The molecule has 0 saturated heterocycles. The van der Waals surface area contributed by atoms with E-state index < -0.39 is 12.1 Å². The van der Waals surface area contributed by atoms with Crippen molar-refractivity contribution in [3.8, 4) is 0 Å². The van der Waals surface area contributed by atoms with Crippen LogP contribution in [-0.4, -0.2) is 47.4 Å². The molecule has 2 atom stereocenters. The van der Waals surface area contributed by atoms with E-state index in [9.17, 15) is 19.8 Å². The molecule has 1 amide bonds. The van der Waals surface area contributed by atoms with Gasteiger partial charge in [-0.05, 0) is 89.9 Å². The number of aliphatic hydroxyl groups is 2. The quantitative estimate of drug-likeness (QED) is 0.0320. The van der Waals surface area contributed by atoms with E-state index in [4.69, 9.17) is 4.74 Å². The molecule has 0 spiro atoms. The van der Waals surface area contributed by atoms with Gasteiger partial charge in [0.1, 0.15) is 0 Å². The van der Waals surface area contributed by atoms with Gasteiger partial charge in [-0.2, -0.15) is 0 Å². The highest BCUT2D eigenvalue weighted by atomic mass is 16.5. The lowest BCUT2D eigenvalue weighted by Gasteiger charge is -2.20. The zero-order chi connectivity index (χ0) is 67.7. The number of hydrogen-bond donors (Lipinski definition) is 3. The van der Waals surface area contributed by atoms with Gasteiger partial charge in [0.05, 0.1) is 25.4 Å². The normalized spacial score (nSPS) is 12.7. The molecule has 0 radical (unpaired) electrons. The van der Waals surface area contributed by atoms with Crippen molar-refractivity contribution in [3.63, 3.8) is 0 Å². The lowest BCUT2D eigenvalue weighted by atomic mass is 10.0. The summed E-state index contributed by atoms with van der Waals surface area (Å²) in [4.78, 5) is 24.7. The highest BCUT2D eigenvalue weighted by molar-refractivity contribution is 5.76. The van der Waals surface area contributed by atoms with Crippen LogP contribution in [0, 0.1) is 0 Å². The van der Waals surface area contributed by atoms with Gasteiger partial charge in [-0.3, -0.25) is 9.59 Å². The van der Waals surface area contributed by atoms with E-state index in [1.54, 1.807) is 6.08 Å². The van der Waals surface area contributed by atoms with Gasteiger partial charge >= 0.3 is 5.97 Å². The number of nitrogens with one attached hydrogen (secondary N) is 1. The summed E-state index contributed by atoms with van der Waals surface area (Å²) in [5, 5.41) is 23.3. The van der Waals surface area contributed by atoms with Gasteiger partial charge < -0.3 is 20.3 Å². The minimum atomic E-state index is -0.844. The minimum absolute atomic E-state index is 0.0133. The second kappa shape index (κ2) is 83.2. The Hall–Kier alpha value is -2.18. The highest BCUT2D eigenvalue weighted by Crippen LogP contribution is 2.20. The first-order valence-electron chi connectivity index (χ1n) is 42.9. The van der Waals surface area contributed by atoms with Crippen LogP contribution in [-0.2, 0) is 14.3 Å². The smallest absolute Gasteiger partial charge is 0.305 e. The lowest BCUT2D eigenvalue weighted by Crippen LogP contribution is -2.45. The van der Waals surface area contributed by atoms with Crippen molar-refractivity contribution in [1.29, 1.82) is 0 Å². The third kappa shape index (κ3) is 78.8. The summed E-state index contributed by atoms with van der Waals surface area (Å²) in [6.45, 7) is 4.94. The van der Waals surface area contributed by atoms with Gasteiger partial charge in [-0.25, -0.2) is 0 Å². The van der Waals surface area contributed by atoms with Crippen molar-refractivity contribution in [2.45, 2.75) is 488 Å². The molecule has 2 unspecified atom stereocenters. The second-order valence-electron chi connectivity index (χ2n) is 29.5. The lowest BCUT2D eigenvalue weighted by molar-refractivity contribution is -0.143. The monoisotopic (exact) mass is 1320 g/mol. The van der Waals surface area contributed by atoms with Crippen LogP contribution in [0.4, 0.5) is 0 Å². The number of amides is 1. The van der Waals surface area contributed by atoms with Crippen LogP contribution in [0.2, 0.25) is 0 Å². The van der Waals surface area contributed by atoms with E-state index in [-0.39, 0.29) is 18.5 Å². The fourth-order valence-electron chi connectivity index (χ4n) is 13.5. The van der Waals surface area contributed by atoms with Crippen LogP contribution < -0.4 is 5.32 Å². The average Bonchev–Trinajstić information content (AvgIpc) is 3.68. The first-order chi connectivity index (χ1) is 46.5. The molecule has 0 aliphatic rings. The number of carbonyl (C=O) groups excluding carboxylic acids is 2. The van der Waals surface area contributed by atoms with E-state index in [2.05, 4.69) is 55.6 Å². The van der Waals surface area contributed by atoms with E-state index in [1.165, 1.54) is 398 Å². The molecule has 0 aliphatic heterocycles. The molecule has 0 heterocycles. The van der Waals surface area contributed by atoms with E-state index >= 15 is 0 Å². The molecule has 6 heteroatoms. The fourth-order valence-corrected chi connectivity index (χ4v) is 13.5. The summed E-state index contributed by atoms with van der Waals surface area (Å²) < 4.78 is 5.51. The van der Waals surface area contributed by atoms with Gasteiger partial charge in [-0.15, -0.1) is 0 Å². The zero-order valence-corrected chi connectivity index (χ0v) is 63.7. The van der Waals surface area contributed by atoms with Gasteiger partial charge in [-0.1, -0.05) is 422 Å². The van der Waals surface area contributed by atoms with Crippen molar-refractivity contribution in [2.24, 2.45) is 0 Å². The van der Waals surface area contributed by atoms with E-state index in [1.807, 2.05) is 6.08 Å². The molecule has 3 N–H and O–H groups in total. The molecule has 0 aromatic heterocycles. The molecule has 0 aromatic rings. The molecule has 0 aromatic carbocycles. The van der Waals surface area contributed by atoms with Crippen LogP contribution in [0.3, 0.4) is 0 Å². The van der Waals surface area contributed by atoms with Crippen molar-refractivity contribution in [1.82, 2.24) is 5.32 Å². The van der Waals surface area contributed by atoms with Crippen LogP contribution >= 0.6 is 0 Å². The van der Waals surface area contributed by atoms with E-state index in [0.717, 1.165) is 51.4 Å². The topological polar surface area (TPSA) is 95.9 Å². The third-order valence-electron chi connectivity index (χ3n) is 20.1. The number of rotatable bonds is 81. The van der Waals surface area contributed by atoms with Gasteiger partial charge in [0, 0.05) is 12.8 Å². The number of unbranched alkanes of at least 4 members (excludes halogenated alkanes) is 64. The van der Waals surface area contributed by atoms with Crippen molar-refractivity contribution < 1.29 is 24.5 Å². The van der Waals surface area contributed by atoms with Crippen LogP contribution in [0.15, 0.2) is 48.6 Å². The van der Waals surface area contributed by atoms with Crippen LogP contribution in [0.25, 0.3) is 0 Å². The largest absolute Gasteiger partial charge is 0.466 e. The number of esters is 1. The predicted octanol–water partition coefficient (Wildman–Crippen LogP) is 28.7. The fraction of sp³-hybridized carbons (Fsp3) is 0.886. The molecule has 6 nitrogen and oxygen atoms in total. The van der Waals surface area contributed by atoms with E-state index in [0.29, 0.717) is 19.4 Å². The zero-order valence-electron chi connectivity index (χ0n) is 63.7. The number of allylic oxidation sites excluding steroid dienone is 7. The molecule has 554 valence electrons. The number of aliphatic hydroxyl groups excluding tert-OH is 2. The van der Waals surface area contributed by atoms with Crippen molar-refractivity contribution in [2.75, 3.05) is 13.2 Å². The second-order valence-corrected chi connectivity index (χ2v) is 29.5. The van der Waals surface area contributed by atoms with Gasteiger partial charge in [0.25, 0.3) is 0 Å². The Morgan fingerprint density at radius 2 is 0.532 bits per heavy atom. The molecule has 0 aliphatic carbocycles. The maximum absolute atomic E-state index is 12.6. The Labute approximate surface area is 588 Å². The van der Waals surface area contributed by atoms with Crippen LogP contribution in [0.1, 0.15) is 476 Å². The first kappa shape index (κ1) is 91.8. The average molecular weight is 1320 g/mol. The number of carbonyl (C=O) groups is 2. The Balaban J connectivity index is 3.37. The third-order valence-corrected chi connectivity index (χ3v) is 20.1. The molecule has 94 heavy (non-hydrogen) atoms. The highest BCUT2D eigenvalue weighted by Gasteiger charge is 2.18. The Morgan fingerprint density at radius 3 is 0.830 bits per heavy atom. The summed E-state index contributed by atoms with van der Waals surface area (Å²) in [7, 11) is 0. The first-order valence-corrected chi connectivity index (χ1v) is 42.9. The Morgan fingerprint density at radius 1 is 0.298 bits per heavy atom. The molecule has 0 fully saturated rings. The van der Waals surface area contributed by atoms with Gasteiger partial charge in [0.15, 0.2) is 0 Å².